The third kappa shape index (κ3) is 212. The Bertz CT molecular complexity index is 14.4. The summed E-state index contributed by atoms with van der Waals surface area (Å²) in [7, 11) is 0. The van der Waals surface area contributed by atoms with Crippen molar-refractivity contribution in [1.29, 1.82) is 0 Å². The topological polar surface area (TPSA) is 200 Å². The zero-order valence-electron chi connectivity index (χ0n) is 4.09. The van der Waals surface area contributed by atoms with Crippen LogP contribution in [-0.2, 0) is 125 Å². The van der Waals surface area contributed by atoms with Gasteiger partial charge in [-0.2, -0.15) is 0 Å². The summed E-state index contributed by atoms with van der Waals surface area (Å²) in [5.41, 5.74) is 0. The van der Waals surface area contributed by atoms with E-state index in [9.17, 15) is 0 Å². The average Bonchev–Trinajstić information content (AvgIpc) is 0. The molecule has 0 aliphatic rings. The second-order valence-electron chi connectivity index (χ2n) is 0. The molecule has 0 amide bonds. The molecule has 84 valence electrons. The molecular formula is Au2O7Pt2. The van der Waals surface area contributed by atoms with Crippen LogP contribution in [0.3, 0.4) is 0 Å². The Labute approximate surface area is 124 Å². The normalized spacial score (nSPS) is 0. The van der Waals surface area contributed by atoms with E-state index in [1.807, 2.05) is 0 Å². The first-order valence-corrected chi connectivity index (χ1v) is 0. The van der Waals surface area contributed by atoms with Crippen molar-refractivity contribution in [2.24, 2.45) is 0 Å². The molecule has 0 rings (SSSR count). The molecule has 0 aliphatic carbocycles. The van der Waals surface area contributed by atoms with E-state index in [2.05, 4.69) is 0 Å². The summed E-state index contributed by atoms with van der Waals surface area (Å²) in [6.07, 6.45) is 0. The molecule has 0 fully saturated rings. The van der Waals surface area contributed by atoms with E-state index < -0.39 is 0 Å². The SMILES string of the molecule is [Au+3].[Au+3].[O-2].[O-2].[O-2].[O-2].[O-2].[O-2].[O-2].[Pt+4].[Pt+4]. The van der Waals surface area contributed by atoms with E-state index in [0.29, 0.717) is 0 Å². The van der Waals surface area contributed by atoms with Gasteiger partial charge in [0.15, 0.2) is 0 Å². The van der Waals surface area contributed by atoms with Crippen LogP contribution in [-0.4, -0.2) is 0 Å². The second kappa shape index (κ2) is 254. The zero-order chi connectivity index (χ0) is 0. The smallest absolute Gasteiger partial charge is 2.00 e. The van der Waals surface area contributed by atoms with Crippen LogP contribution in [0.2, 0.25) is 0 Å². The number of rotatable bonds is 0. The molecule has 11 heavy (non-hydrogen) atoms. The molecule has 0 atom stereocenters. The minimum Gasteiger partial charge on any atom is -2.00 e. The molecule has 0 N–H and O–H groups in total. The van der Waals surface area contributed by atoms with Crippen molar-refractivity contribution in [2.75, 3.05) is 0 Å². The first-order valence-electron chi connectivity index (χ1n) is 0. The van der Waals surface area contributed by atoms with E-state index >= 15 is 0 Å². The molecule has 0 heterocycles. The van der Waals surface area contributed by atoms with Gasteiger partial charge in [-0.1, -0.05) is 0 Å². The fourth-order valence-corrected chi connectivity index (χ4v) is 0. The van der Waals surface area contributed by atoms with E-state index in [1.54, 1.807) is 0 Å². The van der Waals surface area contributed by atoms with Gasteiger partial charge in [-0.15, -0.1) is 0 Å². The van der Waals surface area contributed by atoms with Crippen LogP contribution in [0.1, 0.15) is 0 Å². The second-order valence-corrected chi connectivity index (χ2v) is 0. The Morgan fingerprint density at radius 3 is 0.273 bits per heavy atom. The van der Waals surface area contributed by atoms with Crippen molar-refractivity contribution in [2.45, 2.75) is 0 Å². The van der Waals surface area contributed by atoms with Crippen molar-refractivity contribution < 1.29 is 125 Å². The van der Waals surface area contributed by atoms with Gasteiger partial charge in [0.25, 0.3) is 0 Å². The monoisotopic (exact) mass is 896 g/mol. The van der Waals surface area contributed by atoms with Crippen LogP contribution in [0, 0.1) is 0 Å². The van der Waals surface area contributed by atoms with E-state index in [0.717, 1.165) is 0 Å². The predicted octanol–water partition coefficient (Wildman–Crippen LogP) is -0.842. The van der Waals surface area contributed by atoms with Gasteiger partial charge >= 0.3 is 86.9 Å². The van der Waals surface area contributed by atoms with E-state index in [1.165, 1.54) is 0 Å². The van der Waals surface area contributed by atoms with Gasteiger partial charge in [-0.05, 0) is 0 Å². The van der Waals surface area contributed by atoms with Crippen molar-refractivity contribution >= 4 is 0 Å². The molecule has 11 heteroatoms. The Kier molecular flexibility index (Phi) is 7460. The van der Waals surface area contributed by atoms with Gasteiger partial charge in [0, 0.05) is 0 Å². The third-order valence-corrected chi connectivity index (χ3v) is 0. The maximum atomic E-state index is 0. The molecule has 0 bridgehead atoms. The van der Waals surface area contributed by atoms with Crippen LogP contribution < -0.4 is 0 Å². The van der Waals surface area contributed by atoms with Crippen molar-refractivity contribution in [3.05, 3.63) is 0 Å². The summed E-state index contributed by atoms with van der Waals surface area (Å²) in [5, 5.41) is 0. The van der Waals surface area contributed by atoms with Crippen LogP contribution >= 0.6 is 0 Å². The quantitative estimate of drug-likeness (QED) is 0.274. The van der Waals surface area contributed by atoms with Crippen molar-refractivity contribution in [1.82, 2.24) is 0 Å². The molecule has 0 aromatic heterocycles. The van der Waals surface area contributed by atoms with Crippen LogP contribution in [0.5, 0.6) is 0 Å². The summed E-state index contributed by atoms with van der Waals surface area (Å²) < 4.78 is 0. The van der Waals surface area contributed by atoms with Gasteiger partial charge in [0.05, 0.1) is 0 Å². The molecule has 0 aliphatic heterocycles. The molecule has 7 nitrogen and oxygen atoms in total. The summed E-state index contributed by atoms with van der Waals surface area (Å²) in [6, 6.07) is 0. The van der Waals surface area contributed by atoms with Gasteiger partial charge in [-0.3, -0.25) is 0 Å². The Hall–Kier alpha value is 2.58. The van der Waals surface area contributed by atoms with Gasteiger partial charge in [0.2, 0.25) is 0 Å². The minimum absolute atomic E-state index is 0. The molecular weight excluding hydrogens is 896 g/mol. The largest absolute Gasteiger partial charge is 4.00 e. The molecule has 0 aromatic rings. The van der Waals surface area contributed by atoms with Crippen molar-refractivity contribution in [3.8, 4) is 0 Å². The van der Waals surface area contributed by atoms with Crippen LogP contribution in [0.15, 0.2) is 0 Å². The molecule has 0 radical (unpaired) electrons. The predicted molar refractivity (Wildman–Crippen MR) is 4.81 cm³/mol. The maximum absolute atomic E-state index is 0. The molecule has 0 saturated heterocycles. The van der Waals surface area contributed by atoms with E-state index in [4.69, 9.17) is 0 Å². The van der Waals surface area contributed by atoms with E-state index in [-0.39, 0.29) is 125 Å². The Morgan fingerprint density at radius 2 is 0.273 bits per heavy atom. The zero-order valence-corrected chi connectivity index (χ0v) is 13.0. The maximum Gasteiger partial charge on any atom is 4.00 e. The third-order valence-electron chi connectivity index (χ3n) is 0. The molecule has 0 saturated carbocycles. The number of hydrogen-bond acceptors (Lipinski definition) is 0. The van der Waals surface area contributed by atoms with Gasteiger partial charge < -0.3 is 38.3 Å². The first kappa shape index (κ1) is 323. The summed E-state index contributed by atoms with van der Waals surface area (Å²) >= 11 is 0. The fraction of sp³-hybridized carbons (Fsp3) is 0. The van der Waals surface area contributed by atoms with Gasteiger partial charge in [0.1, 0.15) is 0 Å². The molecule has 0 spiro atoms. The number of hydrogen-bond donors (Lipinski definition) is 0. The Morgan fingerprint density at radius 1 is 0.273 bits per heavy atom. The minimum atomic E-state index is 0. The van der Waals surface area contributed by atoms with Crippen LogP contribution in [0.4, 0.5) is 0 Å². The van der Waals surface area contributed by atoms with Gasteiger partial charge in [-0.25, -0.2) is 0 Å². The molecule has 0 aromatic carbocycles. The summed E-state index contributed by atoms with van der Waals surface area (Å²) in [6.45, 7) is 0. The Balaban J connectivity index is 0. The van der Waals surface area contributed by atoms with Crippen molar-refractivity contribution in [3.63, 3.8) is 0 Å². The summed E-state index contributed by atoms with van der Waals surface area (Å²) in [5.74, 6) is 0. The fourth-order valence-electron chi connectivity index (χ4n) is 0. The standard InChI is InChI=1S/2Au.7O.2Pt/q2*+3;7*-2;2*+4. The average molecular weight is 896 g/mol. The van der Waals surface area contributed by atoms with Crippen LogP contribution in [0.25, 0.3) is 0 Å². The first-order chi connectivity index (χ1) is 0. The molecule has 0 unspecified atom stereocenters. The summed E-state index contributed by atoms with van der Waals surface area (Å²) in [4.78, 5) is 0.